The van der Waals surface area contributed by atoms with Gasteiger partial charge in [-0.15, -0.1) is 0 Å². The highest BCUT2D eigenvalue weighted by Crippen LogP contribution is 2.31. The number of hydrogen-bond donors (Lipinski definition) is 1. The van der Waals surface area contributed by atoms with E-state index in [1.54, 1.807) is 7.11 Å². The third kappa shape index (κ3) is 4.71. The van der Waals surface area contributed by atoms with Gasteiger partial charge in [0.2, 0.25) is 5.91 Å². The zero-order chi connectivity index (χ0) is 20.3. The van der Waals surface area contributed by atoms with Crippen LogP contribution in [0.1, 0.15) is 40.5 Å². The number of amides is 1. The number of aromatic nitrogens is 2. The number of ether oxygens (including phenoxy) is 1. The summed E-state index contributed by atoms with van der Waals surface area (Å²) in [5.74, 6) is 1.81. The first-order valence-electron chi connectivity index (χ1n) is 9.68. The molecular weight excluding hydrogens is 350 g/mol. The van der Waals surface area contributed by atoms with Crippen LogP contribution in [0.2, 0.25) is 0 Å². The van der Waals surface area contributed by atoms with Gasteiger partial charge in [0.05, 0.1) is 7.11 Å². The van der Waals surface area contributed by atoms with Gasteiger partial charge in [0, 0.05) is 18.2 Å². The van der Waals surface area contributed by atoms with Crippen LogP contribution >= 0.6 is 0 Å². The molecule has 1 N–H and O–H groups in total. The van der Waals surface area contributed by atoms with Crippen molar-refractivity contribution in [2.45, 2.75) is 40.5 Å². The summed E-state index contributed by atoms with van der Waals surface area (Å²) in [5.41, 5.74) is 2.69. The Morgan fingerprint density at radius 2 is 1.89 bits per heavy atom. The molecule has 28 heavy (non-hydrogen) atoms. The van der Waals surface area contributed by atoms with Crippen LogP contribution in [-0.4, -0.2) is 22.4 Å². The molecule has 0 saturated heterocycles. The van der Waals surface area contributed by atoms with Crippen LogP contribution in [-0.2, 0) is 4.79 Å². The average Bonchev–Trinajstić information content (AvgIpc) is 2.98. The Balaban J connectivity index is 1.89. The standard InChI is InChI=1S/C23H29N3O2/c1-16(15-23(2,3)4)14-20(27)25-22-21(17-9-11-18(28-5)12-10-17)24-19-8-6-7-13-26(19)22/h6-13,16H,14-15H2,1-5H3,(H,25,27)/t16-/m0/s1. The predicted molar refractivity (Wildman–Crippen MR) is 114 cm³/mol. The minimum atomic E-state index is 0.0113. The molecule has 2 heterocycles. The van der Waals surface area contributed by atoms with Gasteiger partial charge in [0.1, 0.15) is 22.9 Å². The average molecular weight is 380 g/mol. The van der Waals surface area contributed by atoms with E-state index >= 15 is 0 Å². The summed E-state index contributed by atoms with van der Waals surface area (Å²) < 4.78 is 7.17. The molecule has 0 bridgehead atoms. The zero-order valence-electron chi connectivity index (χ0n) is 17.3. The third-order valence-corrected chi connectivity index (χ3v) is 4.65. The topological polar surface area (TPSA) is 55.6 Å². The Hall–Kier alpha value is -2.82. The molecule has 0 spiro atoms. The van der Waals surface area contributed by atoms with Gasteiger partial charge in [0.25, 0.3) is 0 Å². The van der Waals surface area contributed by atoms with Gasteiger partial charge in [-0.25, -0.2) is 4.98 Å². The van der Waals surface area contributed by atoms with Gasteiger partial charge in [-0.1, -0.05) is 33.8 Å². The number of anilines is 1. The second-order valence-corrected chi connectivity index (χ2v) is 8.59. The molecule has 0 aliphatic carbocycles. The van der Waals surface area contributed by atoms with E-state index in [9.17, 15) is 4.79 Å². The van der Waals surface area contributed by atoms with E-state index in [2.05, 4.69) is 33.0 Å². The normalized spacial score (nSPS) is 12.8. The highest BCUT2D eigenvalue weighted by Gasteiger charge is 2.20. The summed E-state index contributed by atoms with van der Waals surface area (Å²) in [6.07, 6.45) is 3.40. The summed E-state index contributed by atoms with van der Waals surface area (Å²) in [4.78, 5) is 17.5. The Morgan fingerprint density at radius 3 is 2.54 bits per heavy atom. The largest absolute Gasteiger partial charge is 0.497 e. The monoisotopic (exact) mass is 379 g/mol. The molecule has 0 saturated carbocycles. The highest BCUT2D eigenvalue weighted by molar-refractivity contribution is 5.94. The van der Waals surface area contributed by atoms with Crippen molar-refractivity contribution in [3.63, 3.8) is 0 Å². The van der Waals surface area contributed by atoms with Crippen molar-refractivity contribution in [2.75, 3.05) is 12.4 Å². The molecular formula is C23H29N3O2. The molecule has 0 unspecified atom stereocenters. The molecule has 1 aromatic carbocycles. The van der Waals surface area contributed by atoms with Crippen LogP contribution in [0.5, 0.6) is 5.75 Å². The summed E-state index contributed by atoms with van der Waals surface area (Å²) in [7, 11) is 1.64. The van der Waals surface area contributed by atoms with E-state index in [4.69, 9.17) is 9.72 Å². The van der Waals surface area contributed by atoms with Crippen LogP contribution in [0.4, 0.5) is 5.82 Å². The van der Waals surface area contributed by atoms with Crippen molar-refractivity contribution >= 4 is 17.4 Å². The Bertz CT molecular complexity index is 952. The maximum atomic E-state index is 12.8. The molecule has 0 aliphatic rings. The van der Waals surface area contributed by atoms with Crippen molar-refractivity contribution < 1.29 is 9.53 Å². The van der Waals surface area contributed by atoms with E-state index < -0.39 is 0 Å². The molecule has 2 aromatic heterocycles. The Kier molecular flexibility index (Phi) is 5.73. The maximum Gasteiger partial charge on any atom is 0.225 e. The molecule has 148 valence electrons. The van der Waals surface area contributed by atoms with Crippen LogP contribution in [0.25, 0.3) is 16.9 Å². The second kappa shape index (κ2) is 8.05. The summed E-state index contributed by atoms with van der Waals surface area (Å²) >= 11 is 0. The smallest absolute Gasteiger partial charge is 0.225 e. The van der Waals surface area contributed by atoms with E-state index in [0.29, 0.717) is 18.2 Å². The summed E-state index contributed by atoms with van der Waals surface area (Å²) in [5, 5.41) is 3.11. The number of fused-ring (bicyclic) bond motifs is 1. The maximum absolute atomic E-state index is 12.8. The van der Waals surface area contributed by atoms with Crippen LogP contribution in [0.15, 0.2) is 48.7 Å². The molecule has 3 rings (SSSR count). The fourth-order valence-electron chi connectivity index (χ4n) is 3.68. The molecule has 0 fully saturated rings. The molecule has 5 nitrogen and oxygen atoms in total. The molecule has 0 radical (unpaired) electrons. The molecule has 0 aliphatic heterocycles. The number of nitrogens with one attached hydrogen (secondary N) is 1. The van der Waals surface area contributed by atoms with E-state index in [0.717, 1.165) is 29.1 Å². The number of carbonyl (C=O) groups excluding carboxylic acids is 1. The number of hydrogen-bond acceptors (Lipinski definition) is 3. The van der Waals surface area contributed by atoms with Crippen molar-refractivity contribution in [2.24, 2.45) is 11.3 Å². The van der Waals surface area contributed by atoms with Gasteiger partial charge in [0.15, 0.2) is 0 Å². The quantitative estimate of drug-likeness (QED) is 0.623. The lowest BCUT2D eigenvalue weighted by Crippen LogP contribution is -2.19. The lowest BCUT2D eigenvalue weighted by Gasteiger charge is -2.22. The van der Waals surface area contributed by atoms with Crippen molar-refractivity contribution in [1.82, 2.24) is 9.38 Å². The molecule has 1 atom stereocenters. The van der Waals surface area contributed by atoms with Gasteiger partial charge in [-0.05, 0) is 54.2 Å². The summed E-state index contributed by atoms with van der Waals surface area (Å²) in [6, 6.07) is 13.5. The lowest BCUT2D eigenvalue weighted by atomic mass is 9.84. The first-order valence-corrected chi connectivity index (χ1v) is 9.68. The van der Waals surface area contributed by atoms with Crippen LogP contribution < -0.4 is 10.1 Å². The number of carbonyl (C=O) groups is 1. The minimum Gasteiger partial charge on any atom is -0.497 e. The van der Waals surface area contributed by atoms with Crippen LogP contribution in [0, 0.1) is 11.3 Å². The fourth-order valence-corrected chi connectivity index (χ4v) is 3.68. The number of nitrogens with zero attached hydrogens (tertiary/aromatic N) is 2. The first-order chi connectivity index (χ1) is 13.3. The highest BCUT2D eigenvalue weighted by atomic mass is 16.5. The van der Waals surface area contributed by atoms with Gasteiger partial charge < -0.3 is 10.1 Å². The number of pyridine rings is 1. The second-order valence-electron chi connectivity index (χ2n) is 8.59. The van der Waals surface area contributed by atoms with E-state index in [-0.39, 0.29) is 11.3 Å². The number of benzene rings is 1. The number of rotatable bonds is 6. The molecule has 3 aromatic rings. The Labute approximate surface area is 166 Å². The Morgan fingerprint density at radius 1 is 1.18 bits per heavy atom. The fraction of sp³-hybridized carbons (Fsp3) is 0.391. The number of imidazole rings is 1. The third-order valence-electron chi connectivity index (χ3n) is 4.65. The first kappa shape index (κ1) is 19.9. The van der Waals surface area contributed by atoms with Crippen molar-refractivity contribution in [1.29, 1.82) is 0 Å². The predicted octanol–water partition coefficient (Wildman–Crippen LogP) is 5.41. The van der Waals surface area contributed by atoms with Gasteiger partial charge >= 0.3 is 0 Å². The van der Waals surface area contributed by atoms with Gasteiger partial charge in [-0.2, -0.15) is 0 Å². The van der Waals surface area contributed by atoms with E-state index in [1.165, 1.54) is 0 Å². The molecule has 5 heteroatoms. The van der Waals surface area contributed by atoms with Gasteiger partial charge in [-0.3, -0.25) is 9.20 Å². The lowest BCUT2D eigenvalue weighted by molar-refractivity contribution is -0.117. The SMILES string of the molecule is COc1ccc(-c2nc3ccccn3c2NC(=O)C[C@H](C)CC(C)(C)C)cc1. The molecule has 1 amide bonds. The van der Waals surface area contributed by atoms with Crippen LogP contribution in [0.3, 0.4) is 0 Å². The zero-order valence-corrected chi connectivity index (χ0v) is 17.3. The van der Waals surface area contributed by atoms with E-state index in [1.807, 2.05) is 53.1 Å². The number of methoxy groups -OCH3 is 1. The minimum absolute atomic E-state index is 0.0113. The summed E-state index contributed by atoms with van der Waals surface area (Å²) in [6.45, 7) is 8.73. The van der Waals surface area contributed by atoms with Crippen molar-refractivity contribution in [3.05, 3.63) is 48.7 Å². The van der Waals surface area contributed by atoms with Crippen molar-refractivity contribution in [3.8, 4) is 17.0 Å².